The molecule has 55 heavy (non-hydrogen) atoms. The minimum absolute atomic E-state index is 0.00562. The highest BCUT2D eigenvalue weighted by atomic mass is 16.6. The predicted molar refractivity (Wildman–Crippen MR) is 231 cm³/mol. The molecule has 0 aromatic carbocycles. The first-order chi connectivity index (χ1) is 26.9. The molecule has 2 N–H and O–H groups in total. The molecule has 0 bridgehead atoms. The van der Waals surface area contributed by atoms with Crippen molar-refractivity contribution in [1.29, 1.82) is 0 Å². The van der Waals surface area contributed by atoms with Crippen LogP contribution in [0.25, 0.3) is 0 Å². The van der Waals surface area contributed by atoms with Crippen molar-refractivity contribution in [2.24, 2.45) is 11.7 Å². The van der Waals surface area contributed by atoms with Crippen LogP contribution in [0, 0.1) is 5.92 Å². The van der Waals surface area contributed by atoms with Crippen molar-refractivity contribution in [3.63, 3.8) is 0 Å². The molecule has 0 aromatic heterocycles. The number of ether oxygens (including phenoxy) is 3. The van der Waals surface area contributed by atoms with Crippen LogP contribution in [-0.2, 0) is 28.6 Å². The second-order valence-electron chi connectivity index (χ2n) is 16.2. The van der Waals surface area contributed by atoms with Gasteiger partial charge in [-0.25, -0.2) is 0 Å². The van der Waals surface area contributed by atoms with Crippen LogP contribution in [0.1, 0.15) is 233 Å². The van der Waals surface area contributed by atoms with Crippen LogP contribution >= 0.6 is 0 Å². The molecular weight excluding hydrogens is 689 g/mol. The number of carbonyl (C=O) groups is 3. The molecule has 8 heteroatoms. The van der Waals surface area contributed by atoms with Gasteiger partial charge in [0.25, 0.3) is 0 Å². The third-order valence-corrected chi connectivity index (χ3v) is 10.9. The molecule has 326 valence electrons. The summed E-state index contributed by atoms with van der Waals surface area (Å²) < 4.78 is 17.0. The normalized spacial score (nSPS) is 11.6. The number of nitrogens with zero attached hydrogens (tertiary/aromatic N) is 1. The average molecular weight is 781 g/mol. The number of nitrogens with two attached hydrogens (primary N) is 1. The molecule has 0 saturated heterocycles. The standard InChI is InChI=1S/C47H92N2O6/c1-5-9-13-18-24-33-43(34-25-19-14-10-6-2)55-45(50)36-27-20-17-22-28-38-49(40-32-37-48)39-29-23-21-26-35-44(46(51)53-41-30-15-11-7-3)47(52)54-42-31-16-12-8-4/h43-44H,5-42,48H2,1-4H3. The summed E-state index contributed by atoms with van der Waals surface area (Å²) in [7, 11) is 0. The molecular formula is C47H92N2O6. The van der Waals surface area contributed by atoms with Gasteiger partial charge in [0.05, 0.1) is 13.2 Å². The maximum absolute atomic E-state index is 12.9. The first-order valence-electron chi connectivity index (χ1n) is 23.9. The van der Waals surface area contributed by atoms with Crippen LogP contribution in [0.5, 0.6) is 0 Å². The van der Waals surface area contributed by atoms with E-state index in [1.165, 1.54) is 70.6 Å². The van der Waals surface area contributed by atoms with E-state index in [1.54, 1.807) is 0 Å². The summed E-state index contributed by atoms with van der Waals surface area (Å²) >= 11 is 0. The van der Waals surface area contributed by atoms with Crippen LogP contribution in [-0.4, -0.2) is 68.3 Å². The van der Waals surface area contributed by atoms with Crippen molar-refractivity contribution in [1.82, 2.24) is 4.90 Å². The fraction of sp³-hybridized carbons (Fsp3) is 0.936. The third-order valence-electron chi connectivity index (χ3n) is 10.9. The number of hydrogen-bond acceptors (Lipinski definition) is 8. The monoisotopic (exact) mass is 781 g/mol. The topological polar surface area (TPSA) is 108 Å². The Morgan fingerprint density at radius 2 is 0.836 bits per heavy atom. The van der Waals surface area contributed by atoms with Gasteiger partial charge in [0.1, 0.15) is 6.10 Å². The van der Waals surface area contributed by atoms with E-state index in [0.717, 1.165) is 142 Å². The Hall–Kier alpha value is -1.67. The van der Waals surface area contributed by atoms with Gasteiger partial charge < -0.3 is 24.8 Å². The Kier molecular flexibility index (Phi) is 40.7. The Morgan fingerprint density at radius 1 is 0.455 bits per heavy atom. The molecule has 0 aliphatic rings. The average Bonchev–Trinajstić information content (AvgIpc) is 3.18. The lowest BCUT2D eigenvalue weighted by Gasteiger charge is -2.22. The predicted octanol–water partition coefficient (Wildman–Crippen LogP) is 12.4. The van der Waals surface area contributed by atoms with E-state index in [9.17, 15) is 14.4 Å². The third kappa shape index (κ3) is 35.2. The lowest BCUT2D eigenvalue weighted by Crippen LogP contribution is -2.29. The Bertz CT molecular complexity index is 815. The highest BCUT2D eigenvalue weighted by Crippen LogP contribution is 2.19. The van der Waals surface area contributed by atoms with E-state index in [1.807, 2.05) is 0 Å². The number of unbranched alkanes of at least 4 members (excludes halogenated alkanes) is 21. The zero-order chi connectivity index (χ0) is 40.5. The van der Waals surface area contributed by atoms with Crippen molar-refractivity contribution in [3.05, 3.63) is 0 Å². The van der Waals surface area contributed by atoms with Gasteiger partial charge in [-0.1, -0.05) is 156 Å². The minimum atomic E-state index is -0.809. The first kappa shape index (κ1) is 53.3. The minimum Gasteiger partial charge on any atom is -0.465 e. The molecule has 8 nitrogen and oxygen atoms in total. The summed E-state index contributed by atoms with van der Waals surface area (Å²) in [6.07, 6.45) is 34.5. The first-order valence-corrected chi connectivity index (χ1v) is 23.9. The fourth-order valence-corrected chi connectivity index (χ4v) is 7.22. The summed E-state index contributed by atoms with van der Waals surface area (Å²) in [5.41, 5.74) is 5.86. The van der Waals surface area contributed by atoms with Crippen LogP contribution in [0.4, 0.5) is 0 Å². The van der Waals surface area contributed by atoms with Crippen LogP contribution < -0.4 is 5.73 Å². The Morgan fingerprint density at radius 3 is 1.31 bits per heavy atom. The molecule has 0 rings (SSSR count). The summed E-state index contributed by atoms with van der Waals surface area (Å²) in [5.74, 6) is -1.63. The second-order valence-corrected chi connectivity index (χ2v) is 16.2. The molecule has 0 spiro atoms. The van der Waals surface area contributed by atoms with Crippen LogP contribution in [0.2, 0.25) is 0 Å². The molecule has 0 unspecified atom stereocenters. The van der Waals surface area contributed by atoms with Crippen molar-refractivity contribution in [3.8, 4) is 0 Å². The molecule has 0 aliphatic carbocycles. The highest BCUT2D eigenvalue weighted by molar-refractivity contribution is 5.94. The van der Waals surface area contributed by atoms with Gasteiger partial charge in [0.2, 0.25) is 0 Å². The summed E-state index contributed by atoms with van der Waals surface area (Å²) in [5, 5.41) is 0. The van der Waals surface area contributed by atoms with E-state index in [0.29, 0.717) is 32.6 Å². The zero-order valence-electron chi connectivity index (χ0n) is 37.0. The number of hydrogen-bond donors (Lipinski definition) is 1. The molecule has 0 aromatic rings. The van der Waals surface area contributed by atoms with Crippen molar-refractivity contribution >= 4 is 17.9 Å². The van der Waals surface area contributed by atoms with Gasteiger partial charge in [-0.05, 0) is 96.8 Å². The molecule has 0 saturated carbocycles. The largest absolute Gasteiger partial charge is 0.465 e. The van der Waals surface area contributed by atoms with Gasteiger partial charge in [0.15, 0.2) is 5.92 Å². The summed E-state index contributed by atoms with van der Waals surface area (Å²) in [4.78, 5) is 41.0. The second kappa shape index (κ2) is 41.9. The lowest BCUT2D eigenvalue weighted by molar-refractivity contribution is -0.162. The summed E-state index contributed by atoms with van der Waals surface area (Å²) in [6.45, 7) is 13.4. The number of carbonyl (C=O) groups excluding carboxylic acids is 3. The zero-order valence-corrected chi connectivity index (χ0v) is 37.0. The molecule has 0 radical (unpaired) electrons. The molecule has 0 fully saturated rings. The maximum Gasteiger partial charge on any atom is 0.320 e. The van der Waals surface area contributed by atoms with Crippen LogP contribution in [0.15, 0.2) is 0 Å². The lowest BCUT2D eigenvalue weighted by atomic mass is 10.0. The van der Waals surface area contributed by atoms with Crippen molar-refractivity contribution in [2.75, 3.05) is 39.4 Å². The Balaban J connectivity index is 4.47. The quantitative estimate of drug-likeness (QED) is 0.0282. The van der Waals surface area contributed by atoms with Gasteiger partial charge >= 0.3 is 17.9 Å². The molecule has 0 atom stereocenters. The fourth-order valence-electron chi connectivity index (χ4n) is 7.22. The molecule has 0 amide bonds. The van der Waals surface area contributed by atoms with E-state index in [2.05, 4.69) is 32.6 Å². The van der Waals surface area contributed by atoms with Crippen LogP contribution in [0.3, 0.4) is 0 Å². The number of rotatable bonds is 43. The highest BCUT2D eigenvalue weighted by Gasteiger charge is 2.29. The van der Waals surface area contributed by atoms with Crippen molar-refractivity contribution < 1.29 is 28.6 Å². The van der Waals surface area contributed by atoms with E-state index in [-0.39, 0.29) is 12.1 Å². The Labute approximate surface area is 340 Å². The van der Waals surface area contributed by atoms with Crippen molar-refractivity contribution in [2.45, 2.75) is 239 Å². The molecule has 0 heterocycles. The maximum atomic E-state index is 12.9. The molecule has 0 aliphatic heterocycles. The van der Waals surface area contributed by atoms with E-state index in [4.69, 9.17) is 19.9 Å². The van der Waals surface area contributed by atoms with E-state index < -0.39 is 17.9 Å². The SMILES string of the molecule is CCCCCCCC(CCCCCCC)OC(=O)CCCCCCCN(CCCN)CCCCCCC(C(=O)OCCCCCC)C(=O)OCCCCCC. The summed E-state index contributed by atoms with van der Waals surface area (Å²) in [6, 6.07) is 0. The van der Waals surface area contributed by atoms with Gasteiger partial charge in [-0.15, -0.1) is 0 Å². The van der Waals surface area contributed by atoms with Gasteiger partial charge in [0, 0.05) is 6.42 Å². The van der Waals surface area contributed by atoms with Gasteiger partial charge in [-0.2, -0.15) is 0 Å². The smallest absolute Gasteiger partial charge is 0.320 e. The van der Waals surface area contributed by atoms with E-state index >= 15 is 0 Å². The number of esters is 3. The van der Waals surface area contributed by atoms with Gasteiger partial charge in [-0.3, -0.25) is 14.4 Å².